The molecule has 2 rings (SSSR count). The molecular formula is C14H19FN2O. The Morgan fingerprint density at radius 3 is 2.72 bits per heavy atom. The molecule has 1 aromatic rings. The molecule has 0 aliphatic carbocycles. The molecule has 98 valence electrons. The predicted molar refractivity (Wildman–Crippen MR) is 67.7 cm³/mol. The first kappa shape index (κ1) is 13.0. The van der Waals surface area contributed by atoms with Gasteiger partial charge in [-0.1, -0.05) is 20.3 Å². The fourth-order valence-electron chi connectivity index (χ4n) is 2.32. The van der Waals surface area contributed by atoms with Gasteiger partial charge in [0, 0.05) is 19.3 Å². The van der Waals surface area contributed by atoms with Gasteiger partial charge in [-0.15, -0.1) is 0 Å². The minimum atomic E-state index is -0.675. The van der Waals surface area contributed by atoms with Crippen molar-refractivity contribution in [1.29, 1.82) is 0 Å². The van der Waals surface area contributed by atoms with E-state index in [2.05, 4.69) is 18.8 Å². The van der Waals surface area contributed by atoms with Crippen LogP contribution in [0.5, 0.6) is 0 Å². The van der Waals surface area contributed by atoms with Crippen LogP contribution >= 0.6 is 0 Å². The number of aromatic nitrogens is 1. The zero-order valence-corrected chi connectivity index (χ0v) is 10.9. The highest BCUT2D eigenvalue weighted by Gasteiger charge is 2.31. The van der Waals surface area contributed by atoms with Crippen molar-refractivity contribution >= 4 is 5.91 Å². The summed E-state index contributed by atoms with van der Waals surface area (Å²) in [5.41, 5.74) is 0.405. The number of amides is 1. The summed E-state index contributed by atoms with van der Waals surface area (Å²) in [4.78, 5) is 17.4. The van der Waals surface area contributed by atoms with E-state index in [1.807, 2.05) is 0 Å². The molecule has 0 saturated carbocycles. The molecule has 0 spiro atoms. The third-order valence-electron chi connectivity index (χ3n) is 4.10. The SMILES string of the molecule is CCC1(C)CCN(C(=O)c2cccnc2F)CC1. The molecule has 0 bridgehead atoms. The summed E-state index contributed by atoms with van der Waals surface area (Å²) in [7, 11) is 0. The van der Waals surface area contributed by atoms with Gasteiger partial charge in [0.15, 0.2) is 0 Å². The fourth-order valence-corrected chi connectivity index (χ4v) is 2.32. The molecule has 0 N–H and O–H groups in total. The molecule has 1 amide bonds. The van der Waals surface area contributed by atoms with Crippen LogP contribution in [0.3, 0.4) is 0 Å². The summed E-state index contributed by atoms with van der Waals surface area (Å²) in [6.07, 6.45) is 4.45. The predicted octanol–water partition coefficient (Wildman–Crippen LogP) is 2.87. The van der Waals surface area contributed by atoms with Gasteiger partial charge in [-0.25, -0.2) is 4.98 Å². The van der Waals surface area contributed by atoms with Crippen LogP contribution in [0, 0.1) is 11.4 Å². The van der Waals surface area contributed by atoms with Crippen LogP contribution in [0.4, 0.5) is 4.39 Å². The molecule has 1 aliphatic rings. The molecule has 18 heavy (non-hydrogen) atoms. The van der Waals surface area contributed by atoms with Gasteiger partial charge in [-0.3, -0.25) is 4.79 Å². The van der Waals surface area contributed by atoms with Crippen LogP contribution in [0.15, 0.2) is 18.3 Å². The van der Waals surface area contributed by atoms with Crippen molar-refractivity contribution in [1.82, 2.24) is 9.88 Å². The van der Waals surface area contributed by atoms with Gasteiger partial charge in [0.05, 0.1) is 5.56 Å². The molecule has 4 heteroatoms. The number of hydrogen-bond donors (Lipinski definition) is 0. The average Bonchev–Trinajstić information content (AvgIpc) is 2.39. The standard InChI is InChI=1S/C14H19FN2O/c1-3-14(2)6-9-17(10-7-14)13(18)11-5-4-8-16-12(11)15/h4-5,8H,3,6-7,9-10H2,1-2H3. The quantitative estimate of drug-likeness (QED) is 0.756. The largest absolute Gasteiger partial charge is 0.338 e. The number of nitrogens with zero attached hydrogens (tertiary/aromatic N) is 2. The normalized spacial score (nSPS) is 18.7. The van der Waals surface area contributed by atoms with E-state index in [1.165, 1.54) is 12.3 Å². The number of piperidine rings is 1. The van der Waals surface area contributed by atoms with Crippen LogP contribution in [0.25, 0.3) is 0 Å². The topological polar surface area (TPSA) is 33.2 Å². The van der Waals surface area contributed by atoms with E-state index in [1.54, 1.807) is 11.0 Å². The highest BCUT2D eigenvalue weighted by molar-refractivity contribution is 5.94. The van der Waals surface area contributed by atoms with Gasteiger partial charge in [-0.2, -0.15) is 4.39 Å². The summed E-state index contributed by atoms with van der Waals surface area (Å²) in [5.74, 6) is -0.912. The Labute approximate surface area is 107 Å². The van der Waals surface area contributed by atoms with Gasteiger partial charge in [0.25, 0.3) is 5.91 Å². The second-order valence-electron chi connectivity index (χ2n) is 5.30. The lowest BCUT2D eigenvalue weighted by molar-refractivity contribution is 0.0595. The van der Waals surface area contributed by atoms with E-state index in [4.69, 9.17) is 0 Å². The number of likely N-dealkylation sites (tertiary alicyclic amines) is 1. The van der Waals surface area contributed by atoms with E-state index in [-0.39, 0.29) is 11.5 Å². The number of carbonyl (C=O) groups excluding carboxylic acids is 1. The summed E-state index contributed by atoms with van der Waals surface area (Å²) in [5, 5.41) is 0. The van der Waals surface area contributed by atoms with E-state index in [0.29, 0.717) is 18.5 Å². The second-order valence-corrected chi connectivity index (χ2v) is 5.30. The average molecular weight is 250 g/mol. The molecule has 1 aromatic heterocycles. The smallest absolute Gasteiger partial charge is 0.258 e. The van der Waals surface area contributed by atoms with Gasteiger partial charge < -0.3 is 4.90 Å². The first-order valence-electron chi connectivity index (χ1n) is 6.45. The maximum absolute atomic E-state index is 13.5. The number of carbonyl (C=O) groups is 1. The lowest BCUT2D eigenvalue weighted by Crippen LogP contribution is -2.42. The van der Waals surface area contributed by atoms with Gasteiger partial charge in [0.2, 0.25) is 5.95 Å². The number of rotatable bonds is 2. The Hall–Kier alpha value is -1.45. The van der Waals surface area contributed by atoms with E-state index in [0.717, 1.165) is 19.3 Å². The molecule has 2 heterocycles. The minimum absolute atomic E-state index is 0.0811. The fraction of sp³-hybridized carbons (Fsp3) is 0.571. The Bertz CT molecular complexity index is 439. The molecule has 1 fully saturated rings. The summed E-state index contributed by atoms with van der Waals surface area (Å²) in [6.45, 7) is 5.84. The van der Waals surface area contributed by atoms with Crippen molar-refractivity contribution in [2.75, 3.05) is 13.1 Å². The zero-order chi connectivity index (χ0) is 13.2. The Morgan fingerprint density at radius 2 is 2.17 bits per heavy atom. The lowest BCUT2D eigenvalue weighted by Gasteiger charge is -2.38. The van der Waals surface area contributed by atoms with Crippen LogP contribution in [0.2, 0.25) is 0 Å². The monoisotopic (exact) mass is 250 g/mol. The number of hydrogen-bond acceptors (Lipinski definition) is 2. The summed E-state index contributed by atoms with van der Waals surface area (Å²) < 4.78 is 13.5. The third-order valence-corrected chi connectivity index (χ3v) is 4.10. The van der Waals surface area contributed by atoms with Crippen LogP contribution in [-0.2, 0) is 0 Å². The Balaban J connectivity index is 2.07. The molecule has 1 saturated heterocycles. The molecule has 0 radical (unpaired) electrons. The van der Waals surface area contributed by atoms with Gasteiger partial charge >= 0.3 is 0 Å². The molecule has 1 aliphatic heterocycles. The molecular weight excluding hydrogens is 231 g/mol. The van der Waals surface area contributed by atoms with E-state index < -0.39 is 5.95 Å². The Morgan fingerprint density at radius 1 is 1.50 bits per heavy atom. The van der Waals surface area contributed by atoms with Crippen molar-refractivity contribution in [3.63, 3.8) is 0 Å². The van der Waals surface area contributed by atoms with Crippen molar-refractivity contribution in [3.05, 3.63) is 29.8 Å². The first-order chi connectivity index (χ1) is 8.56. The highest BCUT2D eigenvalue weighted by atomic mass is 19.1. The van der Waals surface area contributed by atoms with Gasteiger partial charge in [0.1, 0.15) is 0 Å². The van der Waals surface area contributed by atoms with Crippen molar-refractivity contribution < 1.29 is 9.18 Å². The van der Waals surface area contributed by atoms with Crippen LogP contribution < -0.4 is 0 Å². The number of pyridine rings is 1. The zero-order valence-electron chi connectivity index (χ0n) is 10.9. The second kappa shape index (κ2) is 5.04. The third kappa shape index (κ3) is 2.52. The molecule has 0 aromatic carbocycles. The molecule has 3 nitrogen and oxygen atoms in total. The maximum atomic E-state index is 13.5. The van der Waals surface area contributed by atoms with E-state index >= 15 is 0 Å². The van der Waals surface area contributed by atoms with Crippen molar-refractivity contribution in [2.45, 2.75) is 33.1 Å². The van der Waals surface area contributed by atoms with E-state index in [9.17, 15) is 9.18 Å². The van der Waals surface area contributed by atoms with Crippen molar-refractivity contribution in [3.8, 4) is 0 Å². The minimum Gasteiger partial charge on any atom is -0.338 e. The van der Waals surface area contributed by atoms with Crippen molar-refractivity contribution in [2.24, 2.45) is 5.41 Å². The van der Waals surface area contributed by atoms with Gasteiger partial charge in [-0.05, 0) is 30.4 Å². The van der Waals surface area contributed by atoms with Crippen LogP contribution in [0.1, 0.15) is 43.5 Å². The highest BCUT2D eigenvalue weighted by Crippen LogP contribution is 2.34. The van der Waals surface area contributed by atoms with Crippen LogP contribution in [-0.4, -0.2) is 28.9 Å². The summed E-state index contributed by atoms with van der Waals surface area (Å²) >= 11 is 0. The maximum Gasteiger partial charge on any atom is 0.258 e. The summed E-state index contributed by atoms with van der Waals surface area (Å²) in [6, 6.07) is 3.09. The number of halogens is 1. The molecule has 0 atom stereocenters. The first-order valence-corrected chi connectivity index (χ1v) is 6.45. The Kier molecular flexibility index (Phi) is 3.64. The molecule has 0 unspecified atom stereocenters. The lowest BCUT2D eigenvalue weighted by atomic mass is 9.78.